The third-order valence-corrected chi connectivity index (χ3v) is 5.35. The normalized spacial score (nSPS) is 11.0. The summed E-state index contributed by atoms with van der Waals surface area (Å²) in [4.78, 5) is 20.1. The summed E-state index contributed by atoms with van der Waals surface area (Å²) in [5.74, 6) is 1.35. The standard InChI is InChI=1S/C24H32N4O3/c1-5-7-15-27(16-8-6-2)23(29)17-20-24(18-9-11-19(30-3)12-10-18)25-21-13-14-22(31-4)26-28(20)21/h9-14H,5-8,15-17H2,1-4H3. The molecule has 0 aliphatic carbocycles. The van der Waals surface area contributed by atoms with E-state index in [2.05, 4.69) is 18.9 Å². The average molecular weight is 425 g/mol. The Bertz CT molecular complexity index is 990. The SMILES string of the molecule is CCCCN(CCCC)C(=O)Cc1c(-c2ccc(OC)cc2)nc2ccc(OC)nn12. The van der Waals surface area contributed by atoms with E-state index in [-0.39, 0.29) is 12.3 Å². The maximum Gasteiger partial charge on any atom is 0.231 e. The fourth-order valence-electron chi connectivity index (χ4n) is 3.52. The van der Waals surface area contributed by atoms with Crippen LogP contribution in [0, 0.1) is 0 Å². The van der Waals surface area contributed by atoms with Gasteiger partial charge in [0.05, 0.1) is 32.0 Å². The number of rotatable bonds is 11. The van der Waals surface area contributed by atoms with Crippen LogP contribution in [0.4, 0.5) is 0 Å². The number of nitrogens with zero attached hydrogens (tertiary/aromatic N) is 4. The smallest absolute Gasteiger partial charge is 0.231 e. The van der Waals surface area contributed by atoms with Crippen molar-refractivity contribution in [2.75, 3.05) is 27.3 Å². The Morgan fingerprint density at radius 2 is 1.65 bits per heavy atom. The van der Waals surface area contributed by atoms with Crippen LogP contribution in [-0.4, -0.2) is 52.7 Å². The first-order chi connectivity index (χ1) is 15.1. The van der Waals surface area contributed by atoms with Crippen molar-refractivity contribution in [3.05, 3.63) is 42.1 Å². The molecule has 7 nitrogen and oxygen atoms in total. The second-order valence-corrected chi connectivity index (χ2v) is 7.55. The number of benzene rings is 1. The monoisotopic (exact) mass is 424 g/mol. The Morgan fingerprint density at radius 3 is 2.23 bits per heavy atom. The van der Waals surface area contributed by atoms with Crippen molar-refractivity contribution >= 4 is 11.6 Å². The zero-order valence-electron chi connectivity index (χ0n) is 18.9. The van der Waals surface area contributed by atoms with Crippen LogP contribution >= 0.6 is 0 Å². The fourth-order valence-corrected chi connectivity index (χ4v) is 3.52. The van der Waals surface area contributed by atoms with Gasteiger partial charge in [-0.25, -0.2) is 9.50 Å². The lowest BCUT2D eigenvalue weighted by atomic mass is 10.1. The van der Waals surface area contributed by atoms with Crippen LogP contribution in [-0.2, 0) is 11.2 Å². The Kier molecular flexibility index (Phi) is 7.87. The number of carbonyl (C=O) groups excluding carboxylic acids is 1. The molecule has 0 fully saturated rings. The van der Waals surface area contributed by atoms with E-state index in [1.165, 1.54) is 0 Å². The first-order valence-corrected chi connectivity index (χ1v) is 11.0. The van der Waals surface area contributed by atoms with Crippen molar-refractivity contribution in [3.63, 3.8) is 0 Å². The van der Waals surface area contributed by atoms with Crippen LogP contribution < -0.4 is 9.47 Å². The molecule has 0 radical (unpaired) electrons. The highest BCUT2D eigenvalue weighted by Gasteiger charge is 2.21. The van der Waals surface area contributed by atoms with E-state index in [0.29, 0.717) is 11.5 Å². The van der Waals surface area contributed by atoms with Crippen molar-refractivity contribution in [2.45, 2.75) is 46.0 Å². The number of hydrogen-bond acceptors (Lipinski definition) is 5. The summed E-state index contributed by atoms with van der Waals surface area (Å²) in [6, 6.07) is 11.3. The van der Waals surface area contributed by atoms with Crippen molar-refractivity contribution in [1.29, 1.82) is 0 Å². The molecule has 0 bridgehead atoms. The first kappa shape index (κ1) is 22.6. The predicted molar refractivity (Wildman–Crippen MR) is 122 cm³/mol. The summed E-state index contributed by atoms with van der Waals surface area (Å²) >= 11 is 0. The van der Waals surface area contributed by atoms with Crippen LogP contribution in [0.1, 0.15) is 45.2 Å². The van der Waals surface area contributed by atoms with Gasteiger partial charge in [0.15, 0.2) is 5.65 Å². The number of fused-ring (bicyclic) bond motifs is 1. The molecule has 0 aliphatic rings. The third kappa shape index (κ3) is 5.34. The van der Waals surface area contributed by atoms with E-state index in [1.54, 1.807) is 24.8 Å². The van der Waals surface area contributed by atoms with E-state index in [1.807, 2.05) is 35.2 Å². The molecule has 2 heterocycles. The molecule has 3 rings (SSSR count). The van der Waals surface area contributed by atoms with E-state index in [0.717, 1.165) is 61.5 Å². The van der Waals surface area contributed by atoms with Crippen molar-refractivity contribution in [3.8, 4) is 22.9 Å². The fraction of sp³-hybridized carbons (Fsp3) is 0.458. The molecule has 0 aliphatic heterocycles. The minimum atomic E-state index is 0.100. The lowest BCUT2D eigenvalue weighted by Crippen LogP contribution is -2.34. The lowest BCUT2D eigenvalue weighted by molar-refractivity contribution is -0.130. The number of methoxy groups -OCH3 is 2. The van der Waals surface area contributed by atoms with Crippen LogP contribution in [0.15, 0.2) is 36.4 Å². The predicted octanol–water partition coefficient (Wildman–Crippen LogP) is 4.38. The van der Waals surface area contributed by atoms with Gasteiger partial charge in [-0.15, -0.1) is 5.10 Å². The summed E-state index contributed by atoms with van der Waals surface area (Å²) in [5.41, 5.74) is 3.12. The molecular formula is C24H32N4O3. The van der Waals surface area contributed by atoms with Gasteiger partial charge in [-0.2, -0.15) is 0 Å². The molecule has 0 atom stereocenters. The first-order valence-electron chi connectivity index (χ1n) is 11.0. The number of amides is 1. The molecule has 0 saturated carbocycles. The number of unbranched alkanes of at least 4 members (excludes halogenated alkanes) is 2. The van der Waals surface area contributed by atoms with Crippen LogP contribution in [0.5, 0.6) is 11.6 Å². The zero-order chi connectivity index (χ0) is 22.2. The van der Waals surface area contributed by atoms with Gasteiger partial charge in [0.2, 0.25) is 11.8 Å². The Morgan fingerprint density at radius 1 is 0.968 bits per heavy atom. The molecule has 166 valence electrons. The van der Waals surface area contributed by atoms with Gasteiger partial charge in [0, 0.05) is 24.7 Å². The molecule has 1 amide bonds. The van der Waals surface area contributed by atoms with Gasteiger partial charge in [-0.1, -0.05) is 26.7 Å². The van der Waals surface area contributed by atoms with Crippen LogP contribution in [0.2, 0.25) is 0 Å². The molecular weight excluding hydrogens is 392 g/mol. The van der Waals surface area contributed by atoms with E-state index in [9.17, 15) is 4.79 Å². The molecule has 1 aromatic carbocycles. The number of ether oxygens (including phenoxy) is 2. The number of imidazole rings is 1. The Balaban J connectivity index is 2.01. The highest BCUT2D eigenvalue weighted by atomic mass is 16.5. The minimum Gasteiger partial charge on any atom is -0.497 e. The number of carbonyl (C=O) groups is 1. The van der Waals surface area contributed by atoms with Crippen molar-refractivity contribution in [1.82, 2.24) is 19.5 Å². The third-order valence-electron chi connectivity index (χ3n) is 5.35. The van der Waals surface area contributed by atoms with Gasteiger partial charge in [-0.3, -0.25) is 4.79 Å². The Hall–Kier alpha value is -3.09. The maximum absolute atomic E-state index is 13.3. The summed E-state index contributed by atoms with van der Waals surface area (Å²) in [5, 5.41) is 4.55. The molecule has 0 spiro atoms. The van der Waals surface area contributed by atoms with Crippen molar-refractivity contribution in [2.24, 2.45) is 0 Å². The number of hydrogen-bond donors (Lipinski definition) is 0. The van der Waals surface area contributed by atoms with Gasteiger partial charge in [-0.05, 0) is 43.2 Å². The molecule has 0 saturated heterocycles. The van der Waals surface area contributed by atoms with Crippen LogP contribution in [0.25, 0.3) is 16.9 Å². The van der Waals surface area contributed by atoms with E-state index < -0.39 is 0 Å². The van der Waals surface area contributed by atoms with Gasteiger partial charge < -0.3 is 14.4 Å². The van der Waals surface area contributed by atoms with Crippen molar-refractivity contribution < 1.29 is 14.3 Å². The van der Waals surface area contributed by atoms with Gasteiger partial charge >= 0.3 is 0 Å². The molecule has 0 unspecified atom stereocenters. The summed E-state index contributed by atoms with van der Waals surface area (Å²) in [6.07, 6.45) is 4.35. The number of aromatic nitrogens is 3. The lowest BCUT2D eigenvalue weighted by Gasteiger charge is -2.22. The van der Waals surface area contributed by atoms with E-state index >= 15 is 0 Å². The second kappa shape index (κ2) is 10.8. The topological polar surface area (TPSA) is 69.0 Å². The molecule has 7 heteroatoms. The molecule has 3 aromatic rings. The summed E-state index contributed by atoms with van der Waals surface area (Å²) in [7, 11) is 3.22. The zero-order valence-corrected chi connectivity index (χ0v) is 18.9. The minimum absolute atomic E-state index is 0.100. The molecule has 31 heavy (non-hydrogen) atoms. The van der Waals surface area contributed by atoms with E-state index in [4.69, 9.17) is 14.5 Å². The summed E-state index contributed by atoms with van der Waals surface area (Å²) < 4.78 is 12.3. The van der Waals surface area contributed by atoms with Crippen LogP contribution in [0.3, 0.4) is 0 Å². The quantitative estimate of drug-likeness (QED) is 0.457. The summed E-state index contributed by atoms with van der Waals surface area (Å²) in [6.45, 7) is 5.84. The molecule has 0 N–H and O–H groups in total. The van der Waals surface area contributed by atoms with Gasteiger partial charge in [0.1, 0.15) is 5.75 Å². The van der Waals surface area contributed by atoms with Gasteiger partial charge in [0.25, 0.3) is 0 Å². The average Bonchev–Trinajstić information content (AvgIpc) is 3.16. The highest BCUT2D eigenvalue weighted by Crippen LogP contribution is 2.27. The Labute approximate surface area is 184 Å². The second-order valence-electron chi connectivity index (χ2n) is 7.55. The maximum atomic E-state index is 13.3. The largest absolute Gasteiger partial charge is 0.497 e. The molecule has 2 aromatic heterocycles. The highest BCUT2D eigenvalue weighted by molar-refractivity contribution is 5.81.